The van der Waals surface area contributed by atoms with Crippen LogP contribution in [0.25, 0.3) is 6.08 Å². The quantitative estimate of drug-likeness (QED) is 0.353. The highest BCUT2D eigenvalue weighted by Crippen LogP contribution is 2.00. The lowest BCUT2D eigenvalue weighted by Crippen LogP contribution is -2.07. The molecule has 1 aromatic carbocycles. The van der Waals surface area contributed by atoms with Gasteiger partial charge in [-0.1, -0.05) is 62.4 Å². The van der Waals surface area contributed by atoms with E-state index in [4.69, 9.17) is 9.84 Å². The predicted molar refractivity (Wildman–Crippen MR) is 92.9 cm³/mol. The number of esters is 1. The first-order chi connectivity index (χ1) is 11.0. The van der Waals surface area contributed by atoms with E-state index < -0.39 is 11.9 Å². The van der Waals surface area contributed by atoms with Crippen LogP contribution in [0.15, 0.2) is 60.7 Å². The number of rotatable bonds is 7. The molecule has 1 N–H and O–H groups in total. The van der Waals surface area contributed by atoms with Gasteiger partial charge in [0.1, 0.15) is 0 Å². The zero-order chi connectivity index (χ0) is 17.5. The summed E-state index contributed by atoms with van der Waals surface area (Å²) in [5.41, 5.74) is 1.31. The molecule has 0 fully saturated rings. The Bertz CT molecular complexity index is 542. The summed E-state index contributed by atoms with van der Waals surface area (Å²) in [6, 6.07) is 10.3. The number of allylic oxidation sites excluding steroid dienone is 1. The van der Waals surface area contributed by atoms with Crippen molar-refractivity contribution < 1.29 is 19.4 Å². The van der Waals surface area contributed by atoms with Gasteiger partial charge in [-0.2, -0.15) is 0 Å². The first-order valence-electron chi connectivity index (χ1n) is 7.46. The van der Waals surface area contributed by atoms with E-state index in [0.29, 0.717) is 6.61 Å². The van der Waals surface area contributed by atoms with Crippen molar-refractivity contribution in [2.75, 3.05) is 6.61 Å². The molecular formula is C19H24O4. The first kappa shape index (κ1) is 20.4. The Balaban J connectivity index is 0.000000459. The highest BCUT2D eigenvalue weighted by molar-refractivity contribution is 5.93. The summed E-state index contributed by atoms with van der Waals surface area (Å²) in [7, 11) is 0. The largest absolute Gasteiger partial charge is 0.478 e. The van der Waals surface area contributed by atoms with E-state index in [1.807, 2.05) is 38.1 Å². The second kappa shape index (κ2) is 13.1. The smallest absolute Gasteiger partial charge is 0.337 e. The molecule has 0 atom stereocenters. The molecule has 23 heavy (non-hydrogen) atoms. The van der Waals surface area contributed by atoms with Gasteiger partial charge in [0.15, 0.2) is 0 Å². The number of carbonyl (C=O) groups excluding carboxylic acids is 1. The summed E-state index contributed by atoms with van der Waals surface area (Å²) < 4.78 is 4.79. The van der Waals surface area contributed by atoms with Gasteiger partial charge in [0.25, 0.3) is 0 Å². The Labute approximate surface area is 137 Å². The van der Waals surface area contributed by atoms with Crippen molar-refractivity contribution in [3.05, 3.63) is 66.3 Å². The molecule has 124 valence electrons. The second-order valence-electron chi connectivity index (χ2n) is 4.60. The zero-order valence-electron chi connectivity index (χ0n) is 13.7. The predicted octanol–water partition coefficient (Wildman–Crippen LogP) is 4.25. The fraction of sp³-hybridized carbons (Fsp3) is 0.263. The number of ether oxygens (including phenoxy) is 1. The lowest BCUT2D eigenvalue weighted by molar-refractivity contribution is -0.138. The molecule has 1 aromatic rings. The molecule has 0 amide bonds. The molecule has 0 heterocycles. The highest BCUT2D eigenvalue weighted by Gasteiger charge is 2.04. The number of unbranched alkanes of at least 4 members (excludes halogenated alkanes) is 1. The Morgan fingerprint density at radius 2 is 1.87 bits per heavy atom. The number of carboxylic acid groups (broad SMARTS) is 1. The molecule has 4 heteroatoms. The van der Waals surface area contributed by atoms with Crippen LogP contribution in [0.4, 0.5) is 0 Å². The van der Waals surface area contributed by atoms with Crippen LogP contribution < -0.4 is 0 Å². The molecule has 0 saturated carbocycles. The van der Waals surface area contributed by atoms with Crippen molar-refractivity contribution in [2.45, 2.75) is 26.7 Å². The molecule has 0 aromatic heterocycles. The Kier molecular flexibility index (Phi) is 11.6. The van der Waals surface area contributed by atoms with Gasteiger partial charge in [-0.3, -0.25) is 0 Å². The summed E-state index contributed by atoms with van der Waals surface area (Å²) in [5, 5.41) is 8.28. The number of carbonyl (C=O) groups is 2. The van der Waals surface area contributed by atoms with Crippen molar-refractivity contribution in [1.82, 2.24) is 0 Å². The van der Waals surface area contributed by atoms with E-state index in [0.717, 1.165) is 25.0 Å². The lowest BCUT2D eigenvalue weighted by Gasteiger charge is -2.02. The number of benzene rings is 1. The first-order valence-corrected chi connectivity index (χ1v) is 7.46. The van der Waals surface area contributed by atoms with E-state index >= 15 is 0 Å². The van der Waals surface area contributed by atoms with Gasteiger partial charge in [-0.15, -0.1) is 0 Å². The maximum atomic E-state index is 11.1. The Morgan fingerprint density at radius 1 is 1.22 bits per heavy atom. The minimum Gasteiger partial charge on any atom is -0.478 e. The van der Waals surface area contributed by atoms with Gasteiger partial charge in [0, 0.05) is 6.08 Å². The van der Waals surface area contributed by atoms with Crippen LogP contribution in [0.5, 0.6) is 0 Å². The van der Waals surface area contributed by atoms with Gasteiger partial charge >= 0.3 is 11.9 Å². The third kappa shape index (κ3) is 11.7. The van der Waals surface area contributed by atoms with Crippen LogP contribution in [0.1, 0.15) is 32.3 Å². The Morgan fingerprint density at radius 3 is 2.39 bits per heavy atom. The van der Waals surface area contributed by atoms with Crippen molar-refractivity contribution in [3.63, 3.8) is 0 Å². The normalized spacial score (nSPS) is 10.2. The average molecular weight is 316 g/mol. The van der Waals surface area contributed by atoms with Gasteiger partial charge < -0.3 is 9.84 Å². The van der Waals surface area contributed by atoms with Crippen LogP contribution in [-0.4, -0.2) is 23.7 Å². The topological polar surface area (TPSA) is 63.6 Å². The maximum Gasteiger partial charge on any atom is 0.337 e. The molecule has 0 spiro atoms. The monoisotopic (exact) mass is 316 g/mol. The average Bonchev–Trinajstić information content (AvgIpc) is 2.54. The number of carboxylic acids is 1. The van der Waals surface area contributed by atoms with Crippen LogP contribution in [-0.2, 0) is 14.3 Å². The van der Waals surface area contributed by atoms with Crippen LogP contribution in [0, 0.1) is 0 Å². The molecule has 4 nitrogen and oxygen atoms in total. The highest BCUT2D eigenvalue weighted by atomic mass is 16.5. The van der Waals surface area contributed by atoms with Crippen molar-refractivity contribution in [3.8, 4) is 0 Å². The van der Waals surface area contributed by atoms with E-state index in [1.165, 1.54) is 5.56 Å². The van der Waals surface area contributed by atoms with Gasteiger partial charge in [-0.25, -0.2) is 9.59 Å². The third-order valence-corrected chi connectivity index (χ3v) is 2.58. The van der Waals surface area contributed by atoms with Crippen LogP contribution in [0.3, 0.4) is 0 Å². The van der Waals surface area contributed by atoms with Crippen molar-refractivity contribution in [1.29, 1.82) is 0 Å². The van der Waals surface area contributed by atoms with E-state index in [-0.39, 0.29) is 5.57 Å². The number of hydrogen-bond donors (Lipinski definition) is 1. The molecular weight excluding hydrogens is 292 g/mol. The molecule has 0 bridgehead atoms. The number of hydrogen-bond acceptors (Lipinski definition) is 3. The zero-order valence-corrected chi connectivity index (χ0v) is 13.7. The van der Waals surface area contributed by atoms with E-state index in [9.17, 15) is 9.59 Å². The van der Waals surface area contributed by atoms with E-state index in [1.54, 1.807) is 0 Å². The molecule has 0 saturated heterocycles. The van der Waals surface area contributed by atoms with Crippen LogP contribution >= 0.6 is 0 Å². The fourth-order valence-corrected chi connectivity index (χ4v) is 1.40. The SMILES string of the molecule is C=C(C=CC(=O)O)C(=O)OCCCC.CC=Cc1ccccc1. The second-order valence-corrected chi connectivity index (χ2v) is 4.60. The molecule has 0 aliphatic heterocycles. The summed E-state index contributed by atoms with van der Waals surface area (Å²) >= 11 is 0. The molecule has 0 aliphatic rings. The van der Waals surface area contributed by atoms with E-state index in [2.05, 4.69) is 24.8 Å². The van der Waals surface area contributed by atoms with Gasteiger partial charge in [0.2, 0.25) is 0 Å². The summed E-state index contributed by atoms with van der Waals surface area (Å²) in [5.74, 6) is -1.69. The minimum atomic E-state index is -1.12. The maximum absolute atomic E-state index is 11.1. The molecule has 0 unspecified atom stereocenters. The standard InChI is InChI=1S/C10H14O4.C9H10/c1-3-4-7-14-10(13)8(2)5-6-9(11)12;1-2-6-9-7-4-3-5-8-9/h5-6H,2-4,7H2,1H3,(H,11,12);2-8H,1H3. The molecule has 1 rings (SSSR count). The number of aliphatic carboxylic acids is 1. The molecule has 0 radical (unpaired) electrons. The molecule has 0 aliphatic carbocycles. The van der Waals surface area contributed by atoms with Gasteiger partial charge in [0.05, 0.1) is 12.2 Å². The summed E-state index contributed by atoms with van der Waals surface area (Å²) in [6.07, 6.45) is 7.82. The van der Waals surface area contributed by atoms with Crippen LogP contribution in [0.2, 0.25) is 0 Å². The minimum absolute atomic E-state index is 0.0449. The van der Waals surface area contributed by atoms with Crippen molar-refractivity contribution >= 4 is 18.0 Å². The van der Waals surface area contributed by atoms with Crippen molar-refractivity contribution in [2.24, 2.45) is 0 Å². The summed E-state index contributed by atoms with van der Waals surface area (Å²) in [4.78, 5) is 21.2. The summed E-state index contributed by atoms with van der Waals surface area (Å²) in [6.45, 7) is 7.72. The Hall–Kier alpha value is -2.62. The lowest BCUT2D eigenvalue weighted by atomic mass is 10.2. The van der Waals surface area contributed by atoms with Gasteiger partial charge in [-0.05, 0) is 25.0 Å². The third-order valence-electron chi connectivity index (χ3n) is 2.58. The fourth-order valence-electron chi connectivity index (χ4n) is 1.40.